The van der Waals surface area contributed by atoms with E-state index in [1.165, 1.54) is 11.3 Å². The Kier molecular flexibility index (Phi) is 4.99. The van der Waals surface area contributed by atoms with E-state index >= 15 is 0 Å². The van der Waals surface area contributed by atoms with Crippen LogP contribution in [0.1, 0.15) is 35.6 Å². The number of nitrogens with one attached hydrogen (secondary N) is 2. The molecule has 1 heterocycles. The Labute approximate surface area is 126 Å². The Morgan fingerprint density at radius 3 is 2.57 bits per heavy atom. The van der Waals surface area contributed by atoms with Crippen LogP contribution in [-0.4, -0.2) is 22.0 Å². The molecule has 2 amide bonds. The molecule has 2 rings (SSSR count). The van der Waals surface area contributed by atoms with Crippen LogP contribution in [0.25, 0.3) is 0 Å². The summed E-state index contributed by atoms with van der Waals surface area (Å²) in [7, 11) is 0. The molecule has 0 radical (unpaired) electrons. The monoisotopic (exact) mass is 304 g/mol. The van der Waals surface area contributed by atoms with E-state index in [1.807, 2.05) is 6.92 Å². The lowest BCUT2D eigenvalue weighted by atomic mass is 10.1. The van der Waals surface area contributed by atoms with Crippen LogP contribution < -0.4 is 10.6 Å². The summed E-state index contributed by atoms with van der Waals surface area (Å²) < 4.78 is 0. The van der Waals surface area contributed by atoms with Crippen molar-refractivity contribution in [2.75, 3.05) is 10.6 Å². The fourth-order valence-electron chi connectivity index (χ4n) is 1.64. The summed E-state index contributed by atoms with van der Waals surface area (Å²) in [5.74, 6) is -0.458. The summed E-state index contributed by atoms with van der Waals surface area (Å²) in [4.78, 5) is 23.8. The number of carbonyl (C=O) groups excluding carboxylic acids is 2. The van der Waals surface area contributed by atoms with Crippen molar-refractivity contribution in [2.24, 2.45) is 0 Å². The van der Waals surface area contributed by atoms with Crippen LogP contribution in [0.3, 0.4) is 0 Å². The lowest BCUT2D eigenvalue weighted by Crippen LogP contribution is -2.17. The first-order valence-corrected chi connectivity index (χ1v) is 7.48. The number of hydrogen-bond donors (Lipinski definition) is 2. The molecule has 0 saturated heterocycles. The SMILES string of the molecule is CCC(=O)Nc1ccccc1C(=O)Nc1nnc(CC)s1. The van der Waals surface area contributed by atoms with Crippen molar-refractivity contribution in [3.8, 4) is 0 Å². The molecular formula is C14H16N4O2S. The molecule has 7 heteroatoms. The molecular weight excluding hydrogens is 288 g/mol. The maximum Gasteiger partial charge on any atom is 0.259 e. The van der Waals surface area contributed by atoms with Crippen molar-refractivity contribution < 1.29 is 9.59 Å². The number of carbonyl (C=O) groups is 2. The molecule has 21 heavy (non-hydrogen) atoms. The highest BCUT2D eigenvalue weighted by Crippen LogP contribution is 2.20. The minimum Gasteiger partial charge on any atom is -0.325 e. The van der Waals surface area contributed by atoms with Crippen LogP contribution in [0.4, 0.5) is 10.8 Å². The van der Waals surface area contributed by atoms with Crippen LogP contribution in [-0.2, 0) is 11.2 Å². The number of rotatable bonds is 5. The maximum atomic E-state index is 12.3. The number of aryl methyl sites for hydroxylation is 1. The predicted molar refractivity (Wildman–Crippen MR) is 82.6 cm³/mol. The second-order valence-corrected chi connectivity index (χ2v) is 5.32. The lowest BCUT2D eigenvalue weighted by molar-refractivity contribution is -0.115. The third-order valence-electron chi connectivity index (χ3n) is 2.76. The Balaban J connectivity index is 2.16. The third kappa shape index (κ3) is 3.85. The predicted octanol–water partition coefficient (Wildman–Crippen LogP) is 2.70. The van der Waals surface area contributed by atoms with Gasteiger partial charge in [-0.05, 0) is 18.6 Å². The first kappa shape index (κ1) is 15.1. The molecule has 0 bridgehead atoms. The second-order valence-electron chi connectivity index (χ2n) is 4.26. The van der Waals surface area contributed by atoms with Gasteiger partial charge in [0.1, 0.15) is 5.01 Å². The highest BCUT2D eigenvalue weighted by Gasteiger charge is 2.14. The van der Waals surface area contributed by atoms with Crippen LogP contribution in [0.15, 0.2) is 24.3 Å². The van der Waals surface area contributed by atoms with E-state index in [-0.39, 0.29) is 11.8 Å². The van der Waals surface area contributed by atoms with E-state index < -0.39 is 0 Å². The van der Waals surface area contributed by atoms with Gasteiger partial charge >= 0.3 is 0 Å². The molecule has 2 N–H and O–H groups in total. The lowest BCUT2D eigenvalue weighted by Gasteiger charge is -2.09. The molecule has 0 aliphatic rings. The van der Waals surface area contributed by atoms with E-state index in [2.05, 4.69) is 20.8 Å². The summed E-state index contributed by atoms with van der Waals surface area (Å²) in [5.41, 5.74) is 0.884. The Morgan fingerprint density at radius 2 is 1.90 bits per heavy atom. The van der Waals surface area contributed by atoms with Gasteiger partial charge in [-0.25, -0.2) is 0 Å². The Hall–Kier alpha value is -2.28. The van der Waals surface area contributed by atoms with Crippen molar-refractivity contribution in [2.45, 2.75) is 26.7 Å². The molecule has 0 spiro atoms. The molecule has 1 aromatic heterocycles. The molecule has 0 unspecified atom stereocenters. The largest absolute Gasteiger partial charge is 0.325 e. The van der Waals surface area contributed by atoms with Gasteiger partial charge < -0.3 is 5.32 Å². The van der Waals surface area contributed by atoms with Crippen LogP contribution in [0, 0.1) is 0 Å². The number of aromatic nitrogens is 2. The summed E-state index contributed by atoms with van der Waals surface area (Å²) in [6, 6.07) is 6.86. The molecule has 0 saturated carbocycles. The minimum absolute atomic E-state index is 0.139. The van der Waals surface area contributed by atoms with Crippen LogP contribution >= 0.6 is 11.3 Å². The summed E-state index contributed by atoms with van der Waals surface area (Å²) in [5, 5.41) is 14.6. The van der Waals surface area contributed by atoms with Crippen molar-refractivity contribution in [3.05, 3.63) is 34.8 Å². The topological polar surface area (TPSA) is 84.0 Å². The zero-order chi connectivity index (χ0) is 15.2. The van der Waals surface area contributed by atoms with Gasteiger partial charge in [-0.2, -0.15) is 0 Å². The van der Waals surface area contributed by atoms with Crippen molar-refractivity contribution in [3.63, 3.8) is 0 Å². The van der Waals surface area contributed by atoms with E-state index in [1.54, 1.807) is 31.2 Å². The van der Waals surface area contributed by atoms with Crippen LogP contribution in [0.2, 0.25) is 0 Å². The van der Waals surface area contributed by atoms with Crippen molar-refractivity contribution in [1.82, 2.24) is 10.2 Å². The van der Waals surface area contributed by atoms with Crippen molar-refractivity contribution in [1.29, 1.82) is 0 Å². The number of amides is 2. The zero-order valence-electron chi connectivity index (χ0n) is 11.8. The molecule has 1 aromatic carbocycles. The molecule has 110 valence electrons. The summed E-state index contributed by atoms with van der Waals surface area (Å²) in [6.07, 6.45) is 1.13. The third-order valence-corrected chi connectivity index (χ3v) is 3.74. The fraction of sp³-hybridized carbons (Fsp3) is 0.286. The van der Waals surface area contributed by atoms with Gasteiger partial charge in [0.15, 0.2) is 0 Å². The number of nitrogens with zero attached hydrogens (tertiary/aromatic N) is 2. The number of hydrogen-bond acceptors (Lipinski definition) is 5. The number of benzene rings is 1. The van der Waals surface area contributed by atoms with Gasteiger partial charge in [0.25, 0.3) is 5.91 Å². The minimum atomic E-state index is -0.319. The average Bonchev–Trinajstić information content (AvgIpc) is 2.95. The molecule has 0 atom stereocenters. The summed E-state index contributed by atoms with van der Waals surface area (Å²) >= 11 is 1.34. The number of para-hydroxylation sites is 1. The average molecular weight is 304 g/mol. The zero-order valence-corrected chi connectivity index (χ0v) is 12.7. The van der Waals surface area contributed by atoms with Gasteiger partial charge in [-0.3, -0.25) is 14.9 Å². The smallest absolute Gasteiger partial charge is 0.259 e. The molecule has 0 fully saturated rings. The van der Waals surface area contributed by atoms with Gasteiger partial charge in [0.05, 0.1) is 11.3 Å². The number of anilines is 2. The quantitative estimate of drug-likeness (QED) is 0.889. The first-order chi connectivity index (χ1) is 10.1. The molecule has 0 aliphatic heterocycles. The highest BCUT2D eigenvalue weighted by atomic mass is 32.1. The second kappa shape index (κ2) is 6.94. The van der Waals surface area contributed by atoms with E-state index in [4.69, 9.17) is 0 Å². The normalized spacial score (nSPS) is 10.2. The van der Waals surface area contributed by atoms with Gasteiger partial charge in [0, 0.05) is 6.42 Å². The van der Waals surface area contributed by atoms with E-state index in [9.17, 15) is 9.59 Å². The van der Waals surface area contributed by atoms with Crippen molar-refractivity contribution >= 4 is 34.0 Å². The maximum absolute atomic E-state index is 12.3. The van der Waals surface area contributed by atoms with E-state index in [0.717, 1.165) is 11.4 Å². The molecule has 0 aliphatic carbocycles. The Morgan fingerprint density at radius 1 is 1.14 bits per heavy atom. The highest BCUT2D eigenvalue weighted by molar-refractivity contribution is 7.15. The Bertz CT molecular complexity index is 654. The van der Waals surface area contributed by atoms with Gasteiger partial charge in [0.2, 0.25) is 11.0 Å². The molecule has 2 aromatic rings. The standard InChI is InChI=1S/C14H16N4O2S/c1-3-11(19)15-10-8-6-5-7-9(10)13(20)16-14-18-17-12(4-2)21-14/h5-8H,3-4H2,1-2H3,(H,15,19)(H,16,18,20). The van der Waals surface area contributed by atoms with E-state index in [0.29, 0.717) is 22.8 Å². The molecule has 6 nitrogen and oxygen atoms in total. The van der Waals surface area contributed by atoms with Gasteiger partial charge in [-0.15, -0.1) is 10.2 Å². The first-order valence-electron chi connectivity index (χ1n) is 6.66. The fourth-order valence-corrected chi connectivity index (χ4v) is 2.31. The van der Waals surface area contributed by atoms with Crippen LogP contribution in [0.5, 0.6) is 0 Å². The summed E-state index contributed by atoms with van der Waals surface area (Å²) in [6.45, 7) is 3.73. The van der Waals surface area contributed by atoms with Gasteiger partial charge in [-0.1, -0.05) is 37.3 Å².